The summed E-state index contributed by atoms with van der Waals surface area (Å²) in [6.45, 7) is 0. The molecular formula is C13H12N4O2. The first kappa shape index (κ1) is 12.5. The number of aromatic nitrogens is 1. The van der Waals surface area contributed by atoms with Crippen LogP contribution < -0.4 is 15.8 Å². The number of ether oxygens (including phenoxy) is 1. The number of carbonyl (C=O) groups excluding carboxylic acids is 1. The number of carbonyl (C=O) groups is 1. The van der Waals surface area contributed by atoms with Crippen LogP contribution in [0.15, 0.2) is 30.5 Å². The number of nitrogens with zero attached hydrogens (tertiary/aromatic N) is 1. The number of hydrogen-bond donors (Lipinski definition) is 3. The lowest BCUT2D eigenvalue weighted by atomic mass is 10.2. The van der Waals surface area contributed by atoms with Crippen LogP contribution in [0, 0.1) is 11.3 Å². The maximum Gasteiger partial charge on any atom is 0.272 e. The van der Waals surface area contributed by atoms with Crippen molar-refractivity contribution in [2.45, 2.75) is 0 Å². The van der Waals surface area contributed by atoms with Crippen LogP contribution in [-0.2, 0) is 0 Å². The minimum atomic E-state index is -0.334. The molecule has 0 radical (unpaired) electrons. The predicted octanol–water partition coefficient (Wildman–Crippen LogP) is 1.73. The molecule has 0 aliphatic heterocycles. The van der Waals surface area contributed by atoms with E-state index in [9.17, 15) is 4.79 Å². The van der Waals surface area contributed by atoms with Gasteiger partial charge in [-0.15, -0.1) is 0 Å². The van der Waals surface area contributed by atoms with Gasteiger partial charge in [-0.2, -0.15) is 5.26 Å². The number of nitriles is 1. The van der Waals surface area contributed by atoms with Gasteiger partial charge in [0, 0.05) is 18.0 Å². The van der Waals surface area contributed by atoms with Gasteiger partial charge in [0.25, 0.3) is 5.91 Å². The molecule has 1 heterocycles. The second-order valence-electron chi connectivity index (χ2n) is 3.83. The molecule has 4 N–H and O–H groups in total. The van der Waals surface area contributed by atoms with Gasteiger partial charge in [0.2, 0.25) is 0 Å². The standard InChI is InChI=1S/C13H12N4O2/c1-19-12-4-8(6-14)2-3-10(12)17-13(18)11-5-9(15)7-16-11/h2-5,7,16H,15H2,1H3,(H,17,18). The number of nitrogens with two attached hydrogens (primary N) is 1. The molecule has 0 unspecified atom stereocenters. The number of anilines is 2. The maximum absolute atomic E-state index is 11.9. The van der Waals surface area contributed by atoms with E-state index in [-0.39, 0.29) is 5.91 Å². The number of benzene rings is 1. The van der Waals surface area contributed by atoms with Crippen molar-refractivity contribution >= 4 is 17.3 Å². The molecule has 0 atom stereocenters. The Bertz CT molecular complexity index is 655. The third kappa shape index (κ3) is 2.66. The fourth-order valence-electron chi connectivity index (χ4n) is 1.60. The Morgan fingerprint density at radius 3 is 2.84 bits per heavy atom. The molecule has 96 valence electrons. The predicted molar refractivity (Wildman–Crippen MR) is 70.9 cm³/mol. The Morgan fingerprint density at radius 2 is 2.26 bits per heavy atom. The smallest absolute Gasteiger partial charge is 0.272 e. The molecule has 0 fully saturated rings. The zero-order valence-electron chi connectivity index (χ0n) is 10.2. The lowest BCUT2D eigenvalue weighted by molar-refractivity contribution is 0.102. The first-order valence-electron chi connectivity index (χ1n) is 5.47. The van der Waals surface area contributed by atoms with Crippen LogP contribution >= 0.6 is 0 Å². The number of methoxy groups -OCH3 is 1. The van der Waals surface area contributed by atoms with E-state index in [0.717, 1.165) is 0 Å². The zero-order chi connectivity index (χ0) is 13.8. The van der Waals surface area contributed by atoms with E-state index in [1.807, 2.05) is 6.07 Å². The fourth-order valence-corrected chi connectivity index (χ4v) is 1.60. The van der Waals surface area contributed by atoms with Crippen molar-refractivity contribution in [3.8, 4) is 11.8 Å². The third-order valence-corrected chi connectivity index (χ3v) is 2.53. The third-order valence-electron chi connectivity index (χ3n) is 2.53. The summed E-state index contributed by atoms with van der Waals surface area (Å²) in [6.07, 6.45) is 1.53. The highest BCUT2D eigenvalue weighted by molar-refractivity contribution is 6.04. The van der Waals surface area contributed by atoms with E-state index in [4.69, 9.17) is 15.7 Å². The molecule has 6 heteroatoms. The van der Waals surface area contributed by atoms with Crippen LogP contribution in [-0.4, -0.2) is 18.0 Å². The lowest BCUT2D eigenvalue weighted by Gasteiger charge is -2.09. The Hall–Kier alpha value is -2.94. The summed E-state index contributed by atoms with van der Waals surface area (Å²) < 4.78 is 5.13. The number of rotatable bonds is 3. The van der Waals surface area contributed by atoms with Crippen LogP contribution in [0.2, 0.25) is 0 Å². The summed E-state index contributed by atoms with van der Waals surface area (Å²) in [6, 6.07) is 8.30. The summed E-state index contributed by atoms with van der Waals surface area (Å²) in [5.74, 6) is 0.0895. The van der Waals surface area contributed by atoms with Crippen LogP contribution in [0.25, 0.3) is 0 Å². The lowest BCUT2D eigenvalue weighted by Crippen LogP contribution is -2.13. The maximum atomic E-state index is 11.9. The SMILES string of the molecule is COc1cc(C#N)ccc1NC(=O)c1cc(N)c[nH]1. The topological polar surface area (TPSA) is 104 Å². The summed E-state index contributed by atoms with van der Waals surface area (Å²) in [5, 5.41) is 11.5. The van der Waals surface area contributed by atoms with E-state index >= 15 is 0 Å². The van der Waals surface area contributed by atoms with Crippen LogP contribution in [0.4, 0.5) is 11.4 Å². The fraction of sp³-hybridized carbons (Fsp3) is 0.0769. The van der Waals surface area contributed by atoms with E-state index < -0.39 is 0 Å². The second-order valence-corrected chi connectivity index (χ2v) is 3.83. The summed E-state index contributed by atoms with van der Waals surface area (Å²) in [4.78, 5) is 14.7. The van der Waals surface area contributed by atoms with Gasteiger partial charge in [0.05, 0.1) is 24.4 Å². The number of nitrogens with one attached hydrogen (secondary N) is 2. The Balaban J connectivity index is 2.24. The summed E-state index contributed by atoms with van der Waals surface area (Å²) in [7, 11) is 1.47. The van der Waals surface area contributed by atoms with Crippen molar-refractivity contribution in [3.05, 3.63) is 41.7 Å². The van der Waals surface area contributed by atoms with E-state index in [2.05, 4.69) is 10.3 Å². The van der Waals surface area contributed by atoms with Gasteiger partial charge in [-0.3, -0.25) is 4.79 Å². The molecule has 0 bridgehead atoms. The van der Waals surface area contributed by atoms with E-state index in [0.29, 0.717) is 28.4 Å². The van der Waals surface area contributed by atoms with Gasteiger partial charge >= 0.3 is 0 Å². The molecule has 2 rings (SSSR count). The van der Waals surface area contributed by atoms with E-state index in [1.165, 1.54) is 19.4 Å². The van der Waals surface area contributed by atoms with Gasteiger partial charge in [0.15, 0.2) is 0 Å². The molecule has 1 aromatic heterocycles. The van der Waals surface area contributed by atoms with Gasteiger partial charge < -0.3 is 20.8 Å². The van der Waals surface area contributed by atoms with Crippen molar-refractivity contribution in [3.63, 3.8) is 0 Å². The molecule has 1 aromatic carbocycles. The number of aromatic amines is 1. The monoisotopic (exact) mass is 256 g/mol. The van der Waals surface area contributed by atoms with Gasteiger partial charge in [-0.05, 0) is 18.2 Å². The van der Waals surface area contributed by atoms with Crippen LogP contribution in [0.1, 0.15) is 16.1 Å². The molecule has 1 amide bonds. The van der Waals surface area contributed by atoms with Crippen molar-refractivity contribution in [1.29, 1.82) is 5.26 Å². The number of amides is 1. The van der Waals surface area contributed by atoms with Crippen LogP contribution in [0.3, 0.4) is 0 Å². The second kappa shape index (κ2) is 5.14. The quantitative estimate of drug-likeness (QED) is 0.777. The number of nitrogen functional groups attached to an aromatic ring is 1. The number of hydrogen-bond acceptors (Lipinski definition) is 4. The first-order valence-corrected chi connectivity index (χ1v) is 5.47. The molecule has 19 heavy (non-hydrogen) atoms. The molecule has 2 aromatic rings. The average molecular weight is 256 g/mol. The molecule has 0 aliphatic carbocycles. The molecular weight excluding hydrogens is 244 g/mol. The van der Waals surface area contributed by atoms with Gasteiger partial charge in [0.1, 0.15) is 11.4 Å². The molecule has 0 saturated heterocycles. The summed E-state index contributed by atoms with van der Waals surface area (Å²) in [5.41, 5.74) is 7.31. The molecule has 0 saturated carbocycles. The minimum Gasteiger partial charge on any atom is -0.495 e. The Labute approximate surface area is 109 Å². The highest BCUT2D eigenvalue weighted by atomic mass is 16.5. The van der Waals surface area contributed by atoms with Gasteiger partial charge in [-0.25, -0.2) is 0 Å². The van der Waals surface area contributed by atoms with Crippen molar-refractivity contribution < 1.29 is 9.53 Å². The van der Waals surface area contributed by atoms with Crippen LogP contribution in [0.5, 0.6) is 5.75 Å². The van der Waals surface area contributed by atoms with Crippen molar-refractivity contribution in [2.24, 2.45) is 0 Å². The summed E-state index contributed by atoms with van der Waals surface area (Å²) >= 11 is 0. The first-order chi connectivity index (χ1) is 9.13. The van der Waals surface area contributed by atoms with Crippen molar-refractivity contribution in [1.82, 2.24) is 4.98 Å². The van der Waals surface area contributed by atoms with Crippen molar-refractivity contribution in [2.75, 3.05) is 18.2 Å². The molecule has 0 spiro atoms. The Kier molecular flexibility index (Phi) is 3.39. The normalized spacial score (nSPS) is 9.68. The Morgan fingerprint density at radius 1 is 1.47 bits per heavy atom. The zero-order valence-corrected chi connectivity index (χ0v) is 10.2. The molecule has 0 aliphatic rings. The highest BCUT2D eigenvalue weighted by Gasteiger charge is 2.11. The highest BCUT2D eigenvalue weighted by Crippen LogP contribution is 2.25. The van der Waals surface area contributed by atoms with E-state index in [1.54, 1.807) is 18.2 Å². The van der Waals surface area contributed by atoms with Gasteiger partial charge in [-0.1, -0.05) is 0 Å². The average Bonchev–Trinajstić information content (AvgIpc) is 2.86. The molecule has 6 nitrogen and oxygen atoms in total. The largest absolute Gasteiger partial charge is 0.495 e. The number of H-pyrrole nitrogens is 1. The minimum absolute atomic E-state index is 0.334.